The summed E-state index contributed by atoms with van der Waals surface area (Å²) in [5.74, 6) is 0.385. The Morgan fingerprint density at radius 2 is 1.69 bits per heavy atom. The van der Waals surface area contributed by atoms with E-state index >= 15 is 0 Å². The molecule has 0 bridgehead atoms. The third kappa shape index (κ3) is 3.43. The lowest BCUT2D eigenvalue weighted by Crippen LogP contribution is -2.02. The van der Waals surface area contributed by atoms with Gasteiger partial charge in [-0.3, -0.25) is 4.79 Å². The van der Waals surface area contributed by atoms with Crippen LogP contribution in [0, 0.1) is 0 Å². The van der Waals surface area contributed by atoms with Crippen molar-refractivity contribution in [3.05, 3.63) is 66.7 Å². The maximum atomic E-state index is 12.4. The molecule has 0 aliphatic heterocycles. The summed E-state index contributed by atoms with van der Waals surface area (Å²) in [5.41, 5.74) is 2.55. The van der Waals surface area contributed by atoms with Crippen LogP contribution >= 0.6 is 11.8 Å². The second-order valence-corrected chi connectivity index (χ2v) is 7.04. The Labute approximate surface area is 168 Å². The van der Waals surface area contributed by atoms with Crippen molar-refractivity contribution in [2.75, 3.05) is 5.75 Å². The van der Waals surface area contributed by atoms with Crippen LogP contribution in [0.2, 0.25) is 0 Å². The summed E-state index contributed by atoms with van der Waals surface area (Å²) in [4.78, 5) is 15.5. The van der Waals surface area contributed by atoms with E-state index in [1.807, 2.05) is 60.8 Å². The molecule has 0 unspecified atom stereocenters. The predicted octanol–water partition coefficient (Wildman–Crippen LogP) is 4.24. The zero-order valence-electron chi connectivity index (χ0n) is 14.9. The number of carbonyl (C=O) groups excluding carboxylic acids is 1. The number of nitrogens with zero attached hydrogens (tertiary/aromatic N) is 4. The number of hydrogen-bond acceptors (Lipinski definition) is 8. The van der Waals surface area contributed by atoms with Crippen LogP contribution in [0.1, 0.15) is 10.7 Å². The quantitative estimate of drug-likeness (QED) is 0.331. The lowest BCUT2D eigenvalue weighted by atomic mass is 10.2. The van der Waals surface area contributed by atoms with Crippen LogP contribution in [0.3, 0.4) is 0 Å². The number of hydrogen-bond donors (Lipinski definition) is 1. The van der Waals surface area contributed by atoms with E-state index in [0.717, 1.165) is 33.8 Å². The summed E-state index contributed by atoms with van der Waals surface area (Å²) >= 11 is 1.12. The van der Waals surface area contributed by atoms with Crippen LogP contribution in [-0.2, 0) is 0 Å². The van der Waals surface area contributed by atoms with Gasteiger partial charge in [0, 0.05) is 22.7 Å². The summed E-state index contributed by atoms with van der Waals surface area (Å²) in [5, 5.41) is 17.1. The van der Waals surface area contributed by atoms with Gasteiger partial charge in [-0.2, -0.15) is 0 Å². The highest BCUT2D eigenvalue weighted by Gasteiger charge is 2.19. The summed E-state index contributed by atoms with van der Waals surface area (Å²) in [6, 6.07) is 17.1. The molecule has 0 spiro atoms. The number of aromatic amines is 1. The first-order valence-corrected chi connectivity index (χ1v) is 9.71. The number of Topliss-reactive ketones (excluding diaryl/α,β-unsaturated/α-hetero) is 1. The fraction of sp³-hybridized carbons (Fsp3) is 0.0500. The number of aromatic nitrogens is 5. The van der Waals surface area contributed by atoms with Crippen molar-refractivity contribution in [2.45, 2.75) is 5.22 Å². The van der Waals surface area contributed by atoms with Crippen molar-refractivity contribution >= 4 is 28.4 Å². The first-order chi connectivity index (χ1) is 14.3. The molecule has 0 fully saturated rings. The van der Waals surface area contributed by atoms with Crippen molar-refractivity contribution in [1.82, 2.24) is 25.4 Å². The molecule has 0 atom stereocenters. The molecule has 1 N–H and O–H groups in total. The zero-order chi connectivity index (χ0) is 19.6. The van der Waals surface area contributed by atoms with E-state index in [1.165, 1.54) is 0 Å². The van der Waals surface area contributed by atoms with Crippen molar-refractivity contribution < 1.29 is 13.6 Å². The molecule has 0 saturated heterocycles. The highest BCUT2D eigenvalue weighted by molar-refractivity contribution is 7.99. The predicted molar refractivity (Wildman–Crippen MR) is 106 cm³/mol. The monoisotopic (exact) mass is 403 g/mol. The minimum absolute atomic E-state index is 0.0476. The average Bonchev–Trinajstić information content (AvgIpc) is 3.51. The van der Waals surface area contributed by atoms with E-state index in [9.17, 15) is 4.79 Å². The molecule has 9 heteroatoms. The van der Waals surface area contributed by atoms with Crippen molar-refractivity contribution in [3.63, 3.8) is 0 Å². The fourth-order valence-electron chi connectivity index (χ4n) is 2.85. The molecule has 2 aromatic carbocycles. The van der Waals surface area contributed by atoms with Gasteiger partial charge in [-0.1, -0.05) is 48.2 Å². The van der Waals surface area contributed by atoms with Gasteiger partial charge < -0.3 is 13.8 Å². The first kappa shape index (κ1) is 17.4. The Morgan fingerprint density at radius 3 is 2.59 bits per heavy atom. The van der Waals surface area contributed by atoms with Crippen LogP contribution in [-0.4, -0.2) is 36.9 Å². The Kier molecular flexibility index (Phi) is 4.41. The standard InChI is InChI=1S/C20H13N5O3S/c26-16(19-24-22-17(27-19)12-6-2-1-3-7-12)11-29-20-25-23-18(28-20)14-10-21-15-9-5-4-8-13(14)15/h1-10,21H,11H2. The Bertz CT molecular complexity index is 1290. The van der Waals surface area contributed by atoms with Gasteiger partial charge in [0.05, 0.1) is 11.3 Å². The molecule has 5 aromatic rings. The molecule has 0 radical (unpaired) electrons. The van der Waals surface area contributed by atoms with Crippen LogP contribution in [0.25, 0.3) is 33.8 Å². The second kappa shape index (κ2) is 7.36. The normalized spacial score (nSPS) is 11.2. The van der Waals surface area contributed by atoms with Gasteiger partial charge in [0.2, 0.25) is 11.7 Å². The Balaban J connectivity index is 1.28. The van der Waals surface area contributed by atoms with Crippen molar-refractivity contribution in [2.24, 2.45) is 0 Å². The first-order valence-electron chi connectivity index (χ1n) is 8.73. The number of carbonyl (C=O) groups is 1. The number of rotatable bonds is 6. The molecule has 0 aliphatic carbocycles. The molecule has 5 rings (SSSR count). The zero-order valence-corrected chi connectivity index (χ0v) is 15.7. The number of nitrogens with one attached hydrogen (secondary N) is 1. The highest BCUT2D eigenvalue weighted by Crippen LogP contribution is 2.29. The molecule has 3 heterocycles. The van der Waals surface area contributed by atoms with Gasteiger partial charge >= 0.3 is 0 Å². The second-order valence-electron chi connectivity index (χ2n) is 6.11. The van der Waals surface area contributed by atoms with Gasteiger partial charge in [0.15, 0.2) is 0 Å². The molecule has 0 aliphatic rings. The van der Waals surface area contributed by atoms with Gasteiger partial charge in [0.1, 0.15) is 0 Å². The minimum Gasteiger partial charge on any atom is -0.414 e. The molecule has 3 aromatic heterocycles. The van der Waals surface area contributed by atoms with E-state index in [-0.39, 0.29) is 17.4 Å². The number of thioether (sulfide) groups is 1. The third-order valence-electron chi connectivity index (χ3n) is 4.24. The topological polar surface area (TPSA) is 111 Å². The summed E-state index contributed by atoms with van der Waals surface area (Å²) in [7, 11) is 0. The SMILES string of the molecule is O=C(CSc1nnc(-c2c[nH]c3ccccc23)o1)c1nnc(-c2ccccc2)o1. The van der Waals surface area contributed by atoms with Crippen LogP contribution in [0.4, 0.5) is 0 Å². The maximum absolute atomic E-state index is 12.4. The summed E-state index contributed by atoms with van der Waals surface area (Å²) in [6.45, 7) is 0. The summed E-state index contributed by atoms with van der Waals surface area (Å²) < 4.78 is 11.2. The van der Waals surface area contributed by atoms with E-state index in [0.29, 0.717) is 17.0 Å². The molecule has 8 nitrogen and oxygen atoms in total. The van der Waals surface area contributed by atoms with Crippen LogP contribution in [0.15, 0.2) is 74.9 Å². The minimum atomic E-state index is -0.309. The smallest absolute Gasteiger partial charge is 0.285 e. The van der Waals surface area contributed by atoms with E-state index < -0.39 is 0 Å². The van der Waals surface area contributed by atoms with Crippen molar-refractivity contribution in [3.8, 4) is 22.9 Å². The van der Waals surface area contributed by atoms with Crippen LogP contribution in [0.5, 0.6) is 0 Å². The number of para-hydroxylation sites is 1. The lowest BCUT2D eigenvalue weighted by molar-refractivity contribution is 0.0986. The maximum Gasteiger partial charge on any atom is 0.285 e. The third-order valence-corrected chi connectivity index (χ3v) is 5.06. The van der Waals surface area contributed by atoms with E-state index in [1.54, 1.807) is 0 Å². The molecular weight excluding hydrogens is 390 g/mol. The van der Waals surface area contributed by atoms with Crippen molar-refractivity contribution in [1.29, 1.82) is 0 Å². The molecule has 29 heavy (non-hydrogen) atoms. The van der Waals surface area contributed by atoms with Gasteiger partial charge in [0.25, 0.3) is 17.0 Å². The average molecular weight is 403 g/mol. The lowest BCUT2D eigenvalue weighted by Gasteiger charge is -1.94. The summed E-state index contributed by atoms with van der Waals surface area (Å²) in [6.07, 6.45) is 1.82. The highest BCUT2D eigenvalue weighted by atomic mass is 32.2. The van der Waals surface area contributed by atoms with Crippen LogP contribution < -0.4 is 0 Å². The number of ketones is 1. The molecule has 0 saturated carbocycles. The molecule has 142 valence electrons. The molecule has 0 amide bonds. The van der Waals surface area contributed by atoms with Gasteiger partial charge in [-0.15, -0.1) is 20.4 Å². The molecular formula is C20H13N5O3S. The number of benzene rings is 2. The number of H-pyrrole nitrogens is 1. The largest absolute Gasteiger partial charge is 0.414 e. The fourth-order valence-corrected chi connectivity index (χ4v) is 3.46. The number of fused-ring (bicyclic) bond motifs is 1. The van der Waals surface area contributed by atoms with E-state index in [4.69, 9.17) is 8.83 Å². The van der Waals surface area contributed by atoms with Gasteiger partial charge in [-0.05, 0) is 18.2 Å². The Hall–Kier alpha value is -3.72. The van der Waals surface area contributed by atoms with Gasteiger partial charge in [-0.25, -0.2) is 0 Å². The van der Waals surface area contributed by atoms with E-state index in [2.05, 4.69) is 25.4 Å². The Morgan fingerprint density at radius 1 is 0.897 bits per heavy atom.